The molecule has 33 heavy (non-hydrogen) atoms. The lowest BCUT2D eigenvalue weighted by molar-refractivity contribution is -0.155. The summed E-state index contributed by atoms with van der Waals surface area (Å²) < 4.78 is 6.18. The minimum absolute atomic E-state index is 0.0423. The van der Waals surface area contributed by atoms with E-state index in [4.69, 9.17) is 4.74 Å². The first-order valence-corrected chi connectivity index (χ1v) is 11.3. The largest absolute Gasteiger partial charge is 0.512 e. The van der Waals surface area contributed by atoms with Gasteiger partial charge in [-0.25, -0.2) is 4.79 Å². The number of hydrogen-bond donors (Lipinski definition) is 2. The van der Waals surface area contributed by atoms with Crippen LogP contribution in [0.2, 0.25) is 0 Å². The first-order valence-electron chi connectivity index (χ1n) is 11.3. The molecule has 4 rings (SSSR count). The van der Waals surface area contributed by atoms with Crippen molar-refractivity contribution >= 4 is 5.97 Å². The highest BCUT2D eigenvalue weighted by Crippen LogP contribution is 2.44. The van der Waals surface area contributed by atoms with Gasteiger partial charge in [0.25, 0.3) is 0 Å². The van der Waals surface area contributed by atoms with Crippen molar-refractivity contribution in [1.82, 2.24) is 0 Å². The lowest BCUT2D eigenvalue weighted by Crippen LogP contribution is -2.39. The predicted molar refractivity (Wildman–Crippen MR) is 129 cm³/mol. The quantitative estimate of drug-likeness (QED) is 0.470. The molecule has 0 amide bonds. The molecule has 0 unspecified atom stereocenters. The Balaban J connectivity index is 1.80. The van der Waals surface area contributed by atoms with Crippen molar-refractivity contribution in [2.75, 3.05) is 0 Å². The fourth-order valence-corrected chi connectivity index (χ4v) is 4.96. The smallest absolute Gasteiger partial charge is 0.339 e. The SMILES string of the molecule is Cc1cc(CO)c(C(C)C)c(CC2=C(O)CC(c3ccccc3)(c3ccccc3)OC2=O)c1. The van der Waals surface area contributed by atoms with Crippen LogP contribution in [-0.2, 0) is 28.2 Å². The minimum atomic E-state index is -1.09. The Kier molecular flexibility index (Phi) is 6.39. The molecule has 0 saturated carbocycles. The van der Waals surface area contributed by atoms with Crippen LogP contribution in [0.25, 0.3) is 0 Å². The number of cyclic esters (lactones) is 1. The van der Waals surface area contributed by atoms with Gasteiger partial charge in [-0.3, -0.25) is 0 Å². The highest BCUT2D eigenvalue weighted by Gasteiger charge is 2.45. The molecule has 0 saturated heterocycles. The normalized spacial score (nSPS) is 15.6. The molecule has 1 aliphatic rings. The molecule has 3 aromatic rings. The molecular weight excluding hydrogens is 412 g/mol. The molecule has 170 valence electrons. The average Bonchev–Trinajstić information content (AvgIpc) is 2.81. The molecule has 4 nitrogen and oxygen atoms in total. The summed E-state index contributed by atoms with van der Waals surface area (Å²) in [5, 5.41) is 21.1. The third-order valence-electron chi connectivity index (χ3n) is 6.37. The fraction of sp³-hybridized carbons (Fsp3) is 0.276. The van der Waals surface area contributed by atoms with Crippen molar-refractivity contribution in [3.63, 3.8) is 0 Å². The van der Waals surface area contributed by atoms with Gasteiger partial charge >= 0.3 is 5.97 Å². The summed E-state index contributed by atoms with van der Waals surface area (Å²) in [5.41, 5.74) is 4.62. The number of ether oxygens (including phenoxy) is 1. The number of carbonyl (C=O) groups is 1. The monoisotopic (exact) mass is 442 g/mol. The molecule has 1 aliphatic heterocycles. The Labute approximate surface area is 195 Å². The van der Waals surface area contributed by atoms with E-state index >= 15 is 0 Å². The van der Waals surface area contributed by atoms with Gasteiger partial charge in [-0.15, -0.1) is 0 Å². The standard InChI is InChI=1S/C29H30O4/c1-19(2)27-21(14-20(3)15-22(27)18-30)16-25-26(31)17-29(33-28(25)32,23-10-6-4-7-11-23)24-12-8-5-9-13-24/h4-15,19,30-31H,16-18H2,1-3H3. The summed E-state index contributed by atoms with van der Waals surface area (Å²) in [5.74, 6) is -0.313. The second-order valence-electron chi connectivity index (χ2n) is 9.04. The van der Waals surface area contributed by atoms with Crippen LogP contribution >= 0.6 is 0 Å². The van der Waals surface area contributed by atoms with E-state index in [0.717, 1.165) is 33.4 Å². The van der Waals surface area contributed by atoms with Gasteiger partial charge in [-0.2, -0.15) is 0 Å². The minimum Gasteiger partial charge on any atom is -0.512 e. The Morgan fingerprint density at radius 3 is 1.97 bits per heavy atom. The van der Waals surface area contributed by atoms with Crippen molar-refractivity contribution in [3.05, 3.63) is 118 Å². The van der Waals surface area contributed by atoms with E-state index in [9.17, 15) is 15.0 Å². The summed E-state index contributed by atoms with van der Waals surface area (Å²) in [4.78, 5) is 13.4. The van der Waals surface area contributed by atoms with Gasteiger partial charge in [0.1, 0.15) is 5.76 Å². The van der Waals surface area contributed by atoms with E-state index in [-0.39, 0.29) is 36.7 Å². The zero-order valence-electron chi connectivity index (χ0n) is 19.3. The van der Waals surface area contributed by atoms with E-state index in [1.54, 1.807) is 0 Å². The lowest BCUT2D eigenvalue weighted by atomic mass is 9.79. The van der Waals surface area contributed by atoms with Crippen molar-refractivity contribution in [2.24, 2.45) is 0 Å². The van der Waals surface area contributed by atoms with E-state index in [1.165, 1.54) is 0 Å². The van der Waals surface area contributed by atoms with Crippen molar-refractivity contribution < 1.29 is 19.7 Å². The molecule has 0 bridgehead atoms. The van der Waals surface area contributed by atoms with Crippen molar-refractivity contribution in [1.29, 1.82) is 0 Å². The molecule has 1 heterocycles. The average molecular weight is 443 g/mol. The van der Waals surface area contributed by atoms with E-state index in [2.05, 4.69) is 13.8 Å². The Morgan fingerprint density at radius 2 is 1.48 bits per heavy atom. The third-order valence-corrected chi connectivity index (χ3v) is 6.37. The number of rotatable bonds is 6. The fourth-order valence-electron chi connectivity index (χ4n) is 4.96. The first-order chi connectivity index (χ1) is 15.9. The number of hydrogen-bond acceptors (Lipinski definition) is 4. The van der Waals surface area contributed by atoms with Gasteiger partial charge < -0.3 is 14.9 Å². The Morgan fingerprint density at radius 1 is 0.939 bits per heavy atom. The molecule has 0 atom stereocenters. The summed E-state index contributed by atoms with van der Waals surface area (Å²) in [7, 11) is 0. The maximum Gasteiger partial charge on any atom is 0.339 e. The van der Waals surface area contributed by atoms with E-state index in [0.29, 0.717) is 0 Å². The third kappa shape index (κ3) is 4.31. The number of esters is 1. The van der Waals surface area contributed by atoms with Gasteiger partial charge in [-0.05, 0) is 29.5 Å². The molecule has 0 aromatic heterocycles. The number of aliphatic hydroxyl groups is 2. The first kappa shape index (κ1) is 22.8. The summed E-state index contributed by atoms with van der Waals surface area (Å²) in [6, 6.07) is 23.1. The van der Waals surface area contributed by atoms with Crippen molar-refractivity contribution in [3.8, 4) is 0 Å². The molecule has 2 N–H and O–H groups in total. The number of carbonyl (C=O) groups excluding carboxylic acids is 1. The van der Waals surface area contributed by atoms with Gasteiger partial charge in [-0.1, -0.05) is 92.2 Å². The van der Waals surface area contributed by atoms with Gasteiger partial charge in [0.05, 0.1) is 18.6 Å². The molecule has 4 heteroatoms. The topological polar surface area (TPSA) is 66.8 Å². The van der Waals surface area contributed by atoms with Crippen LogP contribution in [0.3, 0.4) is 0 Å². The van der Waals surface area contributed by atoms with Crippen LogP contribution in [0.5, 0.6) is 0 Å². The molecule has 0 radical (unpaired) electrons. The molecule has 0 spiro atoms. The Hall–Kier alpha value is -3.37. The molecule has 0 aliphatic carbocycles. The van der Waals surface area contributed by atoms with Gasteiger partial charge in [0.2, 0.25) is 0 Å². The number of aryl methyl sites for hydroxylation is 1. The second-order valence-corrected chi connectivity index (χ2v) is 9.04. The van der Waals surface area contributed by atoms with Crippen LogP contribution in [0, 0.1) is 6.92 Å². The highest BCUT2D eigenvalue weighted by atomic mass is 16.6. The molecular formula is C29H30O4. The van der Waals surface area contributed by atoms with Crippen LogP contribution in [-0.4, -0.2) is 16.2 Å². The summed E-state index contributed by atoms with van der Waals surface area (Å²) >= 11 is 0. The van der Waals surface area contributed by atoms with Crippen molar-refractivity contribution in [2.45, 2.75) is 51.7 Å². The summed E-state index contributed by atoms with van der Waals surface area (Å²) in [6.45, 7) is 6.03. The zero-order valence-corrected chi connectivity index (χ0v) is 19.3. The molecule has 3 aromatic carbocycles. The Bertz CT molecular complexity index is 1140. The van der Waals surface area contributed by atoms with Crippen LogP contribution in [0.1, 0.15) is 59.6 Å². The highest BCUT2D eigenvalue weighted by molar-refractivity contribution is 5.91. The maximum atomic E-state index is 13.4. The van der Waals surface area contributed by atoms with Crippen LogP contribution < -0.4 is 0 Å². The number of aliphatic hydroxyl groups excluding tert-OH is 2. The van der Waals surface area contributed by atoms with Crippen LogP contribution in [0.15, 0.2) is 84.1 Å². The van der Waals surface area contributed by atoms with E-state index < -0.39 is 11.6 Å². The lowest BCUT2D eigenvalue weighted by Gasteiger charge is -2.38. The van der Waals surface area contributed by atoms with Crippen LogP contribution in [0.4, 0.5) is 0 Å². The molecule has 0 fully saturated rings. The zero-order chi connectivity index (χ0) is 23.6. The second kappa shape index (κ2) is 9.24. The van der Waals surface area contributed by atoms with E-state index in [1.807, 2.05) is 79.7 Å². The number of benzene rings is 3. The summed E-state index contributed by atoms with van der Waals surface area (Å²) in [6.07, 6.45) is 0.421. The van der Waals surface area contributed by atoms with Gasteiger partial charge in [0, 0.05) is 17.5 Å². The maximum absolute atomic E-state index is 13.4. The van der Waals surface area contributed by atoms with Gasteiger partial charge in [0.15, 0.2) is 5.60 Å². The predicted octanol–water partition coefficient (Wildman–Crippen LogP) is 5.86.